The Labute approximate surface area is 131 Å². The first-order valence-corrected chi connectivity index (χ1v) is 8.16. The minimum Gasteiger partial charge on any atom is -0.493 e. The van der Waals surface area contributed by atoms with Crippen molar-refractivity contribution in [2.75, 3.05) is 46.5 Å². The normalized spacial score (nSPS) is 22.5. The highest BCUT2D eigenvalue weighted by Gasteiger charge is 2.33. The predicted molar refractivity (Wildman–Crippen MR) is 83.7 cm³/mol. The molecule has 1 atom stereocenters. The van der Waals surface area contributed by atoms with Crippen molar-refractivity contribution >= 4 is 0 Å². The van der Waals surface area contributed by atoms with Crippen molar-refractivity contribution in [3.05, 3.63) is 29.6 Å². The van der Waals surface area contributed by atoms with Gasteiger partial charge in [-0.1, -0.05) is 12.1 Å². The second-order valence-corrected chi connectivity index (χ2v) is 6.04. The Morgan fingerprint density at radius 3 is 2.68 bits per heavy atom. The lowest BCUT2D eigenvalue weighted by Crippen LogP contribution is -2.47. The lowest BCUT2D eigenvalue weighted by molar-refractivity contribution is 0.0205. The van der Waals surface area contributed by atoms with Crippen LogP contribution in [0.15, 0.2) is 18.2 Å². The number of nitrogens with one attached hydrogen (secondary N) is 1. The second-order valence-electron chi connectivity index (χ2n) is 6.04. The van der Waals surface area contributed by atoms with Gasteiger partial charge in [0, 0.05) is 51.0 Å². The molecule has 4 nitrogen and oxygen atoms in total. The summed E-state index contributed by atoms with van der Waals surface area (Å²) in [6, 6.07) is 5.49. The molecule has 0 aromatic heterocycles. The SMILES string of the molecule is COc1c(F)cccc1[C@@H](C1CCOCC1)N1CCNCC1. The number of nitrogens with zero attached hydrogens (tertiary/aromatic N) is 1. The summed E-state index contributed by atoms with van der Waals surface area (Å²) in [4.78, 5) is 2.48. The molecule has 0 saturated carbocycles. The van der Waals surface area contributed by atoms with Gasteiger partial charge >= 0.3 is 0 Å². The molecule has 1 aromatic rings. The topological polar surface area (TPSA) is 33.7 Å². The van der Waals surface area contributed by atoms with Crippen LogP contribution in [-0.4, -0.2) is 51.4 Å². The van der Waals surface area contributed by atoms with E-state index >= 15 is 0 Å². The van der Waals surface area contributed by atoms with Gasteiger partial charge in [0.05, 0.1) is 7.11 Å². The predicted octanol–water partition coefficient (Wildman–Crippen LogP) is 2.21. The van der Waals surface area contributed by atoms with E-state index in [0.717, 1.165) is 57.8 Å². The van der Waals surface area contributed by atoms with Gasteiger partial charge in [0.2, 0.25) is 0 Å². The number of halogens is 1. The molecule has 3 rings (SSSR count). The zero-order valence-corrected chi connectivity index (χ0v) is 13.2. The van der Waals surface area contributed by atoms with Gasteiger partial charge < -0.3 is 14.8 Å². The molecular formula is C17H25FN2O2. The van der Waals surface area contributed by atoms with Crippen LogP contribution in [0.5, 0.6) is 5.75 Å². The van der Waals surface area contributed by atoms with Crippen LogP contribution in [0.25, 0.3) is 0 Å². The van der Waals surface area contributed by atoms with E-state index < -0.39 is 0 Å². The van der Waals surface area contributed by atoms with Crippen LogP contribution in [0, 0.1) is 11.7 Å². The summed E-state index contributed by atoms with van der Waals surface area (Å²) in [5, 5.41) is 3.39. The Morgan fingerprint density at radius 1 is 1.27 bits per heavy atom. The largest absolute Gasteiger partial charge is 0.493 e. The standard InChI is InChI=1S/C17H25FN2O2/c1-21-17-14(3-2-4-15(17)18)16(13-5-11-22-12-6-13)20-9-7-19-8-10-20/h2-4,13,16,19H,5-12H2,1H3/t16-/m1/s1. The van der Waals surface area contributed by atoms with Gasteiger partial charge in [0.25, 0.3) is 0 Å². The molecule has 5 heteroatoms. The molecule has 0 aliphatic carbocycles. The van der Waals surface area contributed by atoms with Crippen molar-refractivity contribution in [3.8, 4) is 5.75 Å². The van der Waals surface area contributed by atoms with Crippen LogP contribution < -0.4 is 10.1 Å². The second kappa shape index (κ2) is 7.40. The monoisotopic (exact) mass is 308 g/mol. The average Bonchev–Trinajstić information content (AvgIpc) is 2.57. The molecule has 122 valence electrons. The van der Waals surface area contributed by atoms with Crippen molar-refractivity contribution in [1.82, 2.24) is 10.2 Å². The van der Waals surface area contributed by atoms with E-state index in [0.29, 0.717) is 11.7 Å². The van der Waals surface area contributed by atoms with E-state index in [1.165, 1.54) is 6.07 Å². The smallest absolute Gasteiger partial charge is 0.165 e. The Hall–Kier alpha value is -1.17. The maximum atomic E-state index is 14.2. The quantitative estimate of drug-likeness (QED) is 0.925. The molecule has 2 aliphatic rings. The summed E-state index contributed by atoms with van der Waals surface area (Å²) < 4.78 is 25.1. The minimum absolute atomic E-state index is 0.205. The van der Waals surface area contributed by atoms with E-state index in [-0.39, 0.29) is 11.9 Å². The van der Waals surface area contributed by atoms with E-state index in [1.807, 2.05) is 6.07 Å². The summed E-state index contributed by atoms with van der Waals surface area (Å²) in [6.45, 7) is 5.54. The highest BCUT2D eigenvalue weighted by molar-refractivity contribution is 5.38. The van der Waals surface area contributed by atoms with Crippen molar-refractivity contribution in [1.29, 1.82) is 0 Å². The summed E-state index contributed by atoms with van der Waals surface area (Å²) in [5.74, 6) is 0.618. The summed E-state index contributed by atoms with van der Waals surface area (Å²) >= 11 is 0. The first-order chi connectivity index (χ1) is 10.8. The van der Waals surface area contributed by atoms with E-state index in [4.69, 9.17) is 9.47 Å². The first kappa shape index (κ1) is 15.7. The maximum Gasteiger partial charge on any atom is 0.165 e. The molecule has 0 spiro atoms. The number of methoxy groups -OCH3 is 1. The Balaban J connectivity index is 1.94. The summed E-state index contributed by atoms with van der Waals surface area (Å²) in [5.41, 5.74) is 0.983. The Bertz CT molecular complexity index is 468. The zero-order valence-electron chi connectivity index (χ0n) is 13.2. The van der Waals surface area contributed by atoms with Gasteiger partial charge in [-0.2, -0.15) is 0 Å². The molecule has 2 fully saturated rings. The van der Waals surface area contributed by atoms with Crippen molar-refractivity contribution in [2.45, 2.75) is 18.9 Å². The molecular weight excluding hydrogens is 283 g/mol. The third-order valence-corrected chi connectivity index (χ3v) is 4.78. The fourth-order valence-corrected chi connectivity index (χ4v) is 3.71. The number of rotatable bonds is 4. The molecule has 0 bridgehead atoms. The number of piperazine rings is 1. The Kier molecular flexibility index (Phi) is 5.28. The fraction of sp³-hybridized carbons (Fsp3) is 0.647. The highest BCUT2D eigenvalue weighted by Crippen LogP contribution is 2.40. The number of para-hydroxylation sites is 1. The lowest BCUT2D eigenvalue weighted by atomic mass is 9.85. The molecule has 1 aromatic carbocycles. The van der Waals surface area contributed by atoms with Crippen molar-refractivity contribution in [3.63, 3.8) is 0 Å². The van der Waals surface area contributed by atoms with Crippen LogP contribution in [0.2, 0.25) is 0 Å². The molecule has 2 aliphatic heterocycles. The number of hydrogen-bond donors (Lipinski definition) is 1. The lowest BCUT2D eigenvalue weighted by Gasteiger charge is -2.41. The van der Waals surface area contributed by atoms with Crippen molar-refractivity contribution in [2.24, 2.45) is 5.92 Å². The molecule has 22 heavy (non-hydrogen) atoms. The number of ether oxygens (including phenoxy) is 2. The maximum absolute atomic E-state index is 14.2. The average molecular weight is 308 g/mol. The molecule has 0 unspecified atom stereocenters. The third-order valence-electron chi connectivity index (χ3n) is 4.78. The van der Waals surface area contributed by atoms with Crippen LogP contribution in [0.4, 0.5) is 4.39 Å². The first-order valence-electron chi connectivity index (χ1n) is 8.16. The molecule has 2 heterocycles. The summed E-state index contributed by atoms with van der Waals surface area (Å²) in [7, 11) is 1.56. The highest BCUT2D eigenvalue weighted by atomic mass is 19.1. The van der Waals surface area contributed by atoms with Crippen molar-refractivity contribution < 1.29 is 13.9 Å². The van der Waals surface area contributed by atoms with E-state index in [9.17, 15) is 4.39 Å². The van der Waals surface area contributed by atoms with Gasteiger partial charge in [0.15, 0.2) is 11.6 Å². The number of benzene rings is 1. The van der Waals surface area contributed by atoms with E-state index in [2.05, 4.69) is 10.2 Å². The van der Waals surface area contributed by atoms with Gasteiger partial charge in [0.1, 0.15) is 0 Å². The van der Waals surface area contributed by atoms with E-state index in [1.54, 1.807) is 13.2 Å². The number of hydrogen-bond acceptors (Lipinski definition) is 4. The van der Waals surface area contributed by atoms with Gasteiger partial charge in [-0.3, -0.25) is 4.90 Å². The van der Waals surface area contributed by atoms with Crippen LogP contribution in [0.1, 0.15) is 24.4 Å². The van der Waals surface area contributed by atoms with Gasteiger partial charge in [-0.15, -0.1) is 0 Å². The molecule has 1 N–H and O–H groups in total. The van der Waals surface area contributed by atoms with Crippen LogP contribution >= 0.6 is 0 Å². The van der Waals surface area contributed by atoms with Gasteiger partial charge in [-0.25, -0.2) is 4.39 Å². The molecule has 0 amide bonds. The summed E-state index contributed by atoms with van der Waals surface area (Å²) in [6.07, 6.45) is 2.04. The molecule has 2 saturated heterocycles. The Morgan fingerprint density at radius 2 is 2.00 bits per heavy atom. The van der Waals surface area contributed by atoms with Gasteiger partial charge in [-0.05, 0) is 24.8 Å². The fourth-order valence-electron chi connectivity index (χ4n) is 3.71. The zero-order chi connectivity index (χ0) is 15.4. The van der Waals surface area contributed by atoms with Crippen LogP contribution in [0.3, 0.4) is 0 Å². The molecule has 0 radical (unpaired) electrons. The third kappa shape index (κ3) is 3.26. The van der Waals surface area contributed by atoms with Crippen LogP contribution in [-0.2, 0) is 4.74 Å². The minimum atomic E-state index is -0.271.